The molecule has 6 nitrogen and oxygen atoms in total. The Kier molecular flexibility index (Phi) is 38.8. The van der Waals surface area contributed by atoms with Gasteiger partial charge in [0.2, 0.25) is 0 Å². The van der Waals surface area contributed by atoms with E-state index in [-0.39, 0.29) is 11.0 Å². The fourth-order valence-electron chi connectivity index (χ4n) is 4.82. The van der Waals surface area contributed by atoms with Gasteiger partial charge in [-0.25, -0.2) is 0 Å². The fraction of sp³-hybridized carbons (Fsp3) is 1.00. The Balaban J connectivity index is -0.000000289. The molecule has 0 aliphatic rings. The minimum Gasteiger partial charge on any atom is -0.870 e. The van der Waals surface area contributed by atoms with E-state index in [9.17, 15) is 0 Å². The van der Waals surface area contributed by atoms with Crippen LogP contribution in [0.15, 0.2) is 0 Å². The average Bonchev–Trinajstić information content (AvgIpc) is 2.82. The molecule has 6 heteroatoms. The summed E-state index contributed by atoms with van der Waals surface area (Å²) >= 11 is 0. The van der Waals surface area contributed by atoms with Crippen LogP contribution in [-0.4, -0.2) is 97.7 Å². The van der Waals surface area contributed by atoms with Gasteiger partial charge in [-0.05, 0) is 25.7 Å². The molecule has 0 atom stereocenters. The molecule has 0 heterocycles. The molecule has 0 saturated heterocycles. The SMILES string of the molecule is CCCCCCCCCCCC[N+](C)(C)CCO.CCCCCCCCCCCC[N+](C)(C)CCO.[OH-].[OH-]. The van der Waals surface area contributed by atoms with Gasteiger partial charge in [-0.3, -0.25) is 0 Å². The minimum atomic E-state index is 0. The van der Waals surface area contributed by atoms with Gasteiger partial charge in [0.15, 0.2) is 0 Å². The molecular formula is C32H74N2O4. The largest absolute Gasteiger partial charge is 0.870 e. The van der Waals surface area contributed by atoms with Crippen molar-refractivity contribution in [1.29, 1.82) is 0 Å². The van der Waals surface area contributed by atoms with Gasteiger partial charge in [-0.15, -0.1) is 0 Å². The van der Waals surface area contributed by atoms with Crippen LogP contribution in [-0.2, 0) is 0 Å². The zero-order valence-electron chi connectivity index (χ0n) is 27.1. The second-order valence-electron chi connectivity index (χ2n) is 12.6. The van der Waals surface area contributed by atoms with E-state index >= 15 is 0 Å². The van der Waals surface area contributed by atoms with Gasteiger partial charge in [0, 0.05) is 0 Å². The molecular weight excluding hydrogens is 476 g/mol. The molecule has 0 aliphatic carbocycles. The van der Waals surface area contributed by atoms with Crippen molar-refractivity contribution in [3.63, 3.8) is 0 Å². The smallest absolute Gasteiger partial charge is 0.102 e. The van der Waals surface area contributed by atoms with E-state index in [1.807, 2.05) is 0 Å². The highest BCUT2D eigenvalue weighted by Crippen LogP contribution is 2.12. The fourth-order valence-corrected chi connectivity index (χ4v) is 4.82. The lowest BCUT2D eigenvalue weighted by atomic mass is 10.1. The lowest BCUT2D eigenvalue weighted by molar-refractivity contribution is -0.890. The molecule has 38 heavy (non-hydrogen) atoms. The first kappa shape index (κ1) is 44.8. The standard InChI is InChI=1S/2C16H36NO.2H2O/c2*1-4-5-6-7-8-9-10-11-12-13-14-17(2,3)15-16-18;;/h2*18H,4-16H2,1-3H3;2*1H2/q2*+1;;/p-2. The zero-order chi connectivity index (χ0) is 27.4. The molecule has 0 amide bonds. The van der Waals surface area contributed by atoms with Gasteiger partial charge in [0.25, 0.3) is 0 Å². The molecule has 0 aromatic heterocycles. The Hall–Kier alpha value is -0.240. The average molecular weight is 551 g/mol. The Morgan fingerprint density at radius 3 is 0.763 bits per heavy atom. The first-order valence-corrected chi connectivity index (χ1v) is 16.1. The third-order valence-corrected chi connectivity index (χ3v) is 7.64. The number of quaternary nitrogens is 2. The molecule has 0 aromatic rings. The zero-order valence-corrected chi connectivity index (χ0v) is 27.1. The number of hydrogen-bond acceptors (Lipinski definition) is 4. The van der Waals surface area contributed by atoms with Crippen LogP contribution >= 0.6 is 0 Å². The van der Waals surface area contributed by atoms with Gasteiger partial charge in [0.05, 0.1) is 54.5 Å². The van der Waals surface area contributed by atoms with E-state index in [0.717, 1.165) is 22.1 Å². The van der Waals surface area contributed by atoms with Crippen LogP contribution in [0.3, 0.4) is 0 Å². The van der Waals surface area contributed by atoms with Crippen LogP contribution in [0.4, 0.5) is 0 Å². The van der Waals surface area contributed by atoms with Crippen LogP contribution in [0.2, 0.25) is 0 Å². The molecule has 236 valence electrons. The molecule has 0 aromatic carbocycles. The van der Waals surface area contributed by atoms with Crippen LogP contribution in [0, 0.1) is 0 Å². The molecule has 0 bridgehead atoms. The number of unbranched alkanes of at least 4 members (excludes halogenated alkanes) is 18. The topological polar surface area (TPSA) is 100 Å². The monoisotopic (exact) mass is 551 g/mol. The molecule has 0 unspecified atom stereocenters. The minimum absolute atomic E-state index is 0. The van der Waals surface area contributed by atoms with Crippen molar-refractivity contribution < 1.29 is 30.1 Å². The lowest BCUT2D eigenvalue weighted by Gasteiger charge is -2.28. The number of rotatable bonds is 26. The first-order valence-electron chi connectivity index (χ1n) is 16.1. The van der Waals surface area contributed by atoms with E-state index in [4.69, 9.17) is 10.2 Å². The molecule has 4 N–H and O–H groups in total. The number of aliphatic hydroxyl groups is 2. The van der Waals surface area contributed by atoms with Gasteiger partial charge in [-0.1, -0.05) is 117 Å². The van der Waals surface area contributed by atoms with Crippen molar-refractivity contribution in [2.24, 2.45) is 0 Å². The van der Waals surface area contributed by atoms with E-state index in [1.165, 1.54) is 142 Å². The maximum absolute atomic E-state index is 8.95. The molecule has 0 radical (unpaired) electrons. The van der Waals surface area contributed by atoms with Gasteiger partial charge in [-0.2, -0.15) is 0 Å². The molecule has 0 aliphatic heterocycles. The summed E-state index contributed by atoms with van der Waals surface area (Å²) in [5.41, 5.74) is 0. The Labute approximate surface area is 240 Å². The van der Waals surface area contributed by atoms with Crippen molar-refractivity contribution in [1.82, 2.24) is 0 Å². The van der Waals surface area contributed by atoms with Crippen LogP contribution in [0.5, 0.6) is 0 Å². The Morgan fingerprint density at radius 2 is 0.553 bits per heavy atom. The maximum atomic E-state index is 8.95. The highest BCUT2D eigenvalue weighted by molar-refractivity contribution is 4.49. The number of hydrogen-bond donors (Lipinski definition) is 2. The van der Waals surface area contributed by atoms with Crippen molar-refractivity contribution in [2.75, 3.05) is 67.6 Å². The van der Waals surface area contributed by atoms with Crippen molar-refractivity contribution in [2.45, 2.75) is 142 Å². The van der Waals surface area contributed by atoms with E-state index < -0.39 is 0 Å². The predicted octanol–water partition coefficient (Wildman–Crippen LogP) is 7.60. The molecule has 0 spiro atoms. The quantitative estimate of drug-likeness (QED) is 0.0855. The summed E-state index contributed by atoms with van der Waals surface area (Å²) < 4.78 is 1.93. The molecule has 0 rings (SSSR count). The molecule has 0 fully saturated rings. The Bertz CT molecular complexity index is 382. The normalized spacial score (nSPS) is 11.4. The van der Waals surface area contributed by atoms with Crippen LogP contribution in [0.1, 0.15) is 142 Å². The van der Waals surface area contributed by atoms with Crippen LogP contribution in [0.25, 0.3) is 0 Å². The summed E-state index contributed by atoms with van der Waals surface area (Å²) in [6.07, 6.45) is 28.0. The summed E-state index contributed by atoms with van der Waals surface area (Å²) in [5, 5.41) is 17.9. The van der Waals surface area contributed by atoms with Gasteiger partial charge >= 0.3 is 0 Å². The first-order chi connectivity index (χ1) is 17.2. The van der Waals surface area contributed by atoms with E-state index in [0.29, 0.717) is 13.2 Å². The highest BCUT2D eigenvalue weighted by atomic mass is 16.3. The third-order valence-electron chi connectivity index (χ3n) is 7.64. The molecule has 0 saturated carbocycles. The second-order valence-corrected chi connectivity index (χ2v) is 12.6. The summed E-state index contributed by atoms with van der Waals surface area (Å²) in [5.74, 6) is 0. The predicted molar refractivity (Wildman–Crippen MR) is 165 cm³/mol. The number of nitrogens with zero attached hydrogens (tertiary/aromatic N) is 2. The van der Waals surface area contributed by atoms with Gasteiger partial charge < -0.3 is 30.1 Å². The maximum Gasteiger partial charge on any atom is 0.102 e. The second kappa shape index (κ2) is 33.0. The Morgan fingerprint density at radius 1 is 0.342 bits per heavy atom. The van der Waals surface area contributed by atoms with Crippen molar-refractivity contribution in [3.8, 4) is 0 Å². The highest BCUT2D eigenvalue weighted by Gasteiger charge is 2.13. The number of likely N-dealkylation sites (N-methyl/N-ethyl adjacent to an activating group) is 2. The van der Waals surface area contributed by atoms with Crippen molar-refractivity contribution >= 4 is 0 Å². The van der Waals surface area contributed by atoms with E-state index in [1.54, 1.807) is 0 Å². The van der Waals surface area contributed by atoms with Gasteiger partial charge in [0.1, 0.15) is 13.1 Å². The summed E-state index contributed by atoms with van der Waals surface area (Å²) in [6, 6.07) is 0. The van der Waals surface area contributed by atoms with E-state index in [2.05, 4.69) is 42.0 Å². The lowest BCUT2D eigenvalue weighted by Crippen LogP contribution is -2.42. The summed E-state index contributed by atoms with van der Waals surface area (Å²) in [6.45, 7) is 9.35. The third kappa shape index (κ3) is 37.9. The van der Waals surface area contributed by atoms with Crippen molar-refractivity contribution in [3.05, 3.63) is 0 Å². The number of aliphatic hydroxyl groups excluding tert-OH is 2. The summed E-state index contributed by atoms with van der Waals surface area (Å²) in [7, 11) is 8.85. The summed E-state index contributed by atoms with van der Waals surface area (Å²) in [4.78, 5) is 0. The van der Waals surface area contributed by atoms with Crippen LogP contribution < -0.4 is 0 Å².